The third-order valence-corrected chi connectivity index (χ3v) is 3.99. The molecule has 1 aromatic carbocycles. The number of aryl methyl sites for hydroxylation is 1. The molecule has 1 aliphatic carbocycles. The van der Waals surface area contributed by atoms with E-state index in [1.54, 1.807) is 12.1 Å². The summed E-state index contributed by atoms with van der Waals surface area (Å²) >= 11 is 5.80. The average molecular weight is 296 g/mol. The van der Waals surface area contributed by atoms with Gasteiger partial charge in [0.05, 0.1) is 5.92 Å². The fourth-order valence-corrected chi connectivity index (χ4v) is 2.74. The molecule has 0 aliphatic heterocycles. The summed E-state index contributed by atoms with van der Waals surface area (Å²) in [6.45, 7) is 0. The number of halogens is 1. The van der Waals surface area contributed by atoms with Crippen molar-refractivity contribution < 1.29 is 14.7 Å². The largest absolute Gasteiger partial charge is 0.481 e. The van der Waals surface area contributed by atoms with Crippen molar-refractivity contribution in [1.82, 2.24) is 5.32 Å². The lowest BCUT2D eigenvalue weighted by Gasteiger charge is -2.17. The molecule has 1 aliphatic rings. The second-order valence-corrected chi connectivity index (χ2v) is 5.61. The number of carboxylic acid groups (broad SMARTS) is 1. The average Bonchev–Trinajstić information content (AvgIpc) is 2.86. The van der Waals surface area contributed by atoms with Crippen molar-refractivity contribution in [3.8, 4) is 0 Å². The molecular weight excluding hydrogens is 278 g/mol. The number of hydrogen-bond donors (Lipinski definition) is 2. The van der Waals surface area contributed by atoms with Crippen molar-refractivity contribution in [1.29, 1.82) is 0 Å². The van der Waals surface area contributed by atoms with Gasteiger partial charge in [0.25, 0.3) is 0 Å². The Morgan fingerprint density at radius 2 is 1.95 bits per heavy atom. The van der Waals surface area contributed by atoms with Gasteiger partial charge in [0.15, 0.2) is 0 Å². The molecule has 1 fully saturated rings. The maximum absolute atomic E-state index is 11.9. The van der Waals surface area contributed by atoms with E-state index in [1.165, 1.54) is 0 Å². The Balaban J connectivity index is 1.80. The number of amides is 1. The third-order valence-electron chi connectivity index (χ3n) is 3.73. The topological polar surface area (TPSA) is 66.4 Å². The zero-order chi connectivity index (χ0) is 14.5. The van der Waals surface area contributed by atoms with Crippen molar-refractivity contribution in [3.05, 3.63) is 34.9 Å². The van der Waals surface area contributed by atoms with Crippen LogP contribution in [0.15, 0.2) is 24.3 Å². The quantitative estimate of drug-likeness (QED) is 0.877. The minimum absolute atomic E-state index is 0.0851. The summed E-state index contributed by atoms with van der Waals surface area (Å²) in [6.07, 6.45) is 3.26. The first-order valence-corrected chi connectivity index (χ1v) is 7.20. The number of hydrogen-bond acceptors (Lipinski definition) is 2. The normalized spacial score (nSPS) is 21.6. The standard InChI is InChI=1S/C15H18ClNO3/c16-11-7-4-10(5-8-11)6-9-14(18)17-13-3-1-2-12(13)15(19)20/h4-5,7-8,12-13H,1-3,6,9H2,(H,17,18)(H,19,20). The van der Waals surface area contributed by atoms with E-state index in [9.17, 15) is 9.59 Å². The number of carbonyl (C=O) groups is 2. The van der Waals surface area contributed by atoms with Crippen molar-refractivity contribution in [2.45, 2.75) is 38.1 Å². The molecule has 4 nitrogen and oxygen atoms in total. The minimum atomic E-state index is -0.814. The SMILES string of the molecule is O=C(CCc1ccc(Cl)cc1)NC1CCCC1C(=O)O. The van der Waals surface area contributed by atoms with Crippen LogP contribution in [0.25, 0.3) is 0 Å². The molecule has 1 saturated carbocycles. The minimum Gasteiger partial charge on any atom is -0.481 e. The molecule has 0 saturated heterocycles. The molecule has 1 aromatic rings. The molecule has 20 heavy (non-hydrogen) atoms. The summed E-state index contributed by atoms with van der Waals surface area (Å²) in [5, 5.41) is 12.6. The van der Waals surface area contributed by atoms with Gasteiger partial charge in [-0.2, -0.15) is 0 Å². The molecule has 1 amide bonds. The van der Waals surface area contributed by atoms with Crippen LogP contribution in [-0.2, 0) is 16.0 Å². The molecule has 108 valence electrons. The van der Waals surface area contributed by atoms with Crippen LogP contribution >= 0.6 is 11.6 Å². The Morgan fingerprint density at radius 3 is 2.60 bits per heavy atom. The highest BCUT2D eigenvalue weighted by Crippen LogP contribution is 2.25. The van der Waals surface area contributed by atoms with Gasteiger partial charge in [-0.1, -0.05) is 30.2 Å². The van der Waals surface area contributed by atoms with E-state index in [4.69, 9.17) is 16.7 Å². The van der Waals surface area contributed by atoms with Crippen LogP contribution in [0.5, 0.6) is 0 Å². The molecule has 5 heteroatoms. The first kappa shape index (κ1) is 14.9. The van der Waals surface area contributed by atoms with E-state index in [0.29, 0.717) is 24.3 Å². The highest BCUT2D eigenvalue weighted by atomic mass is 35.5. The Labute approximate surface area is 123 Å². The summed E-state index contributed by atoms with van der Waals surface area (Å²) < 4.78 is 0. The molecule has 2 N–H and O–H groups in total. The zero-order valence-corrected chi connectivity index (χ0v) is 11.9. The van der Waals surface area contributed by atoms with E-state index in [-0.39, 0.29) is 11.9 Å². The fourth-order valence-electron chi connectivity index (χ4n) is 2.62. The molecule has 0 spiro atoms. The summed E-state index contributed by atoms with van der Waals surface area (Å²) in [5.74, 6) is -1.34. The number of nitrogens with one attached hydrogen (secondary N) is 1. The number of benzene rings is 1. The molecule has 2 unspecified atom stereocenters. The first-order chi connectivity index (χ1) is 9.56. The van der Waals surface area contributed by atoms with E-state index in [1.807, 2.05) is 12.1 Å². The molecule has 0 aromatic heterocycles. The van der Waals surface area contributed by atoms with Gasteiger partial charge < -0.3 is 10.4 Å². The fraction of sp³-hybridized carbons (Fsp3) is 0.467. The van der Waals surface area contributed by atoms with Gasteiger partial charge in [0, 0.05) is 17.5 Å². The van der Waals surface area contributed by atoms with Crippen LogP contribution in [0.4, 0.5) is 0 Å². The molecule has 2 atom stereocenters. The van der Waals surface area contributed by atoms with Crippen LogP contribution in [0, 0.1) is 5.92 Å². The third kappa shape index (κ3) is 3.97. The number of aliphatic carboxylic acids is 1. The van der Waals surface area contributed by atoms with Gasteiger partial charge >= 0.3 is 5.97 Å². The molecular formula is C15H18ClNO3. The Hall–Kier alpha value is -1.55. The molecule has 0 bridgehead atoms. The Bertz CT molecular complexity index is 486. The highest BCUT2D eigenvalue weighted by Gasteiger charge is 2.33. The van der Waals surface area contributed by atoms with E-state index in [2.05, 4.69) is 5.32 Å². The van der Waals surface area contributed by atoms with Gasteiger partial charge in [-0.15, -0.1) is 0 Å². The van der Waals surface area contributed by atoms with E-state index < -0.39 is 11.9 Å². The molecule has 2 rings (SSSR count). The number of rotatable bonds is 5. The Kier molecular flexibility index (Phi) is 5.01. The van der Waals surface area contributed by atoms with Crippen molar-refractivity contribution in [3.63, 3.8) is 0 Å². The maximum atomic E-state index is 11.9. The van der Waals surface area contributed by atoms with Crippen LogP contribution in [0.2, 0.25) is 5.02 Å². The van der Waals surface area contributed by atoms with Crippen molar-refractivity contribution >= 4 is 23.5 Å². The predicted octanol–water partition coefficient (Wildman–Crippen LogP) is 2.64. The van der Waals surface area contributed by atoms with Crippen molar-refractivity contribution in [2.75, 3.05) is 0 Å². The van der Waals surface area contributed by atoms with Crippen LogP contribution in [0.3, 0.4) is 0 Å². The monoisotopic (exact) mass is 295 g/mol. The highest BCUT2D eigenvalue weighted by molar-refractivity contribution is 6.30. The van der Waals surface area contributed by atoms with E-state index >= 15 is 0 Å². The lowest BCUT2D eigenvalue weighted by atomic mass is 10.0. The second kappa shape index (κ2) is 6.75. The number of carbonyl (C=O) groups excluding carboxylic acids is 1. The van der Waals surface area contributed by atoms with Gasteiger partial charge in [0.2, 0.25) is 5.91 Å². The van der Waals surface area contributed by atoms with Gasteiger partial charge in [-0.3, -0.25) is 9.59 Å². The molecule has 0 heterocycles. The van der Waals surface area contributed by atoms with Crippen LogP contribution in [0.1, 0.15) is 31.2 Å². The van der Waals surface area contributed by atoms with Gasteiger partial charge in [-0.05, 0) is 37.0 Å². The maximum Gasteiger partial charge on any atom is 0.308 e. The van der Waals surface area contributed by atoms with Gasteiger partial charge in [-0.25, -0.2) is 0 Å². The Morgan fingerprint density at radius 1 is 1.25 bits per heavy atom. The lowest BCUT2D eigenvalue weighted by molar-refractivity contribution is -0.142. The lowest BCUT2D eigenvalue weighted by Crippen LogP contribution is -2.40. The van der Waals surface area contributed by atoms with Crippen molar-refractivity contribution in [2.24, 2.45) is 5.92 Å². The number of carboxylic acids is 1. The zero-order valence-electron chi connectivity index (χ0n) is 11.1. The predicted molar refractivity (Wildman–Crippen MR) is 76.7 cm³/mol. The van der Waals surface area contributed by atoms with Crippen LogP contribution in [-0.4, -0.2) is 23.0 Å². The second-order valence-electron chi connectivity index (χ2n) is 5.18. The van der Waals surface area contributed by atoms with E-state index in [0.717, 1.165) is 18.4 Å². The first-order valence-electron chi connectivity index (χ1n) is 6.83. The summed E-state index contributed by atoms with van der Waals surface area (Å²) in [6, 6.07) is 7.17. The smallest absolute Gasteiger partial charge is 0.308 e. The van der Waals surface area contributed by atoms with Gasteiger partial charge in [0.1, 0.15) is 0 Å². The molecule has 0 radical (unpaired) electrons. The summed E-state index contributed by atoms with van der Waals surface area (Å²) in [5.41, 5.74) is 1.05. The van der Waals surface area contributed by atoms with Crippen LogP contribution < -0.4 is 5.32 Å². The summed E-state index contributed by atoms with van der Waals surface area (Å²) in [4.78, 5) is 22.9. The summed E-state index contributed by atoms with van der Waals surface area (Å²) in [7, 11) is 0.